The summed E-state index contributed by atoms with van der Waals surface area (Å²) in [6, 6.07) is 5.41. The quantitative estimate of drug-likeness (QED) is 0.811. The van der Waals surface area contributed by atoms with Gasteiger partial charge in [-0.05, 0) is 42.4 Å². The minimum atomic E-state index is -0.352. The van der Waals surface area contributed by atoms with Crippen LogP contribution in [0.25, 0.3) is 5.65 Å². The van der Waals surface area contributed by atoms with Crippen molar-refractivity contribution in [1.82, 2.24) is 14.6 Å². The summed E-state index contributed by atoms with van der Waals surface area (Å²) in [6.07, 6.45) is 3.35. The monoisotopic (exact) mass is 291 g/mol. The van der Waals surface area contributed by atoms with Crippen molar-refractivity contribution in [3.05, 3.63) is 29.7 Å². The molecule has 0 bridgehead atoms. The minimum absolute atomic E-state index is 0.352. The number of rotatable bonds is 3. The number of hydrogen-bond acceptors (Lipinski definition) is 5. The molecule has 5 nitrogen and oxygen atoms in total. The second kappa shape index (κ2) is 5.83. The predicted octanol–water partition coefficient (Wildman–Crippen LogP) is 2.20. The Hall–Kier alpha value is -1.56. The number of nitrogens with zero attached hydrogens (tertiary/aromatic N) is 3. The molecule has 0 amide bonds. The van der Waals surface area contributed by atoms with Gasteiger partial charge in [0.25, 0.3) is 0 Å². The maximum atomic E-state index is 11.9. The number of aromatic nitrogens is 3. The number of pyridine rings is 1. The van der Waals surface area contributed by atoms with Crippen LogP contribution in [0.1, 0.15) is 29.2 Å². The lowest BCUT2D eigenvalue weighted by atomic mass is 10.0. The average molecular weight is 291 g/mol. The first-order valence-corrected chi connectivity index (χ1v) is 7.94. The van der Waals surface area contributed by atoms with Gasteiger partial charge in [-0.3, -0.25) is 4.40 Å². The Kier molecular flexibility index (Phi) is 3.91. The number of carbonyl (C=O) groups is 1. The lowest BCUT2D eigenvalue weighted by Gasteiger charge is -2.20. The first-order chi connectivity index (χ1) is 9.79. The Bertz CT molecular complexity index is 620. The molecule has 106 valence electrons. The first kappa shape index (κ1) is 13.4. The van der Waals surface area contributed by atoms with E-state index in [9.17, 15) is 4.79 Å². The molecule has 1 atom stereocenters. The molecule has 20 heavy (non-hydrogen) atoms. The van der Waals surface area contributed by atoms with E-state index in [0.29, 0.717) is 17.3 Å². The lowest BCUT2D eigenvalue weighted by Crippen LogP contribution is -2.17. The van der Waals surface area contributed by atoms with Crippen LogP contribution in [0.15, 0.2) is 18.2 Å². The largest absolute Gasteiger partial charge is 0.464 e. The Morgan fingerprint density at radius 2 is 2.40 bits per heavy atom. The first-order valence-electron chi connectivity index (χ1n) is 6.78. The van der Waals surface area contributed by atoms with Crippen molar-refractivity contribution in [3.8, 4) is 0 Å². The molecule has 3 rings (SSSR count). The van der Waals surface area contributed by atoms with Gasteiger partial charge in [0, 0.05) is 6.42 Å². The maximum absolute atomic E-state index is 11.9. The third-order valence-corrected chi connectivity index (χ3v) is 4.90. The number of carbonyl (C=O) groups excluding carboxylic acids is 1. The number of thioether (sulfide) groups is 1. The van der Waals surface area contributed by atoms with Gasteiger partial charge >= 0.3 is 5.97 Å². The van der Waals surface area contributed by atoms with Crippen molar-refractivity contribution in [2.45, 2.75) is 19.3 Å². The SMILES string of the molecule is COC(=O)c1cccc2nnc(CC3CCCSC3)n12. The second-order valence-corrected chi connectivity index (χ2v) is 6.15. The molecular weight excluding hydrogens is 274 g/mol. The van der Waals surface area contributed by atoms with Crippen molar-refractivity contribution in [1.29, 1.82) is 0 Å². The molecule has 1 unspecified atom stereocenters. The van der Waals surface area contributed by atoms with E-state index in [-0.39, 0.29) is 5.97 Å². The van der Waals surface area contributed by atoms with Crippen LogP contribution < -0.4 is 0 Å². The van der Waals surface area contributed by atoms with Crippen LogP contribution in [0.4, 0.5) is 0 Å². The van der Waals surface area contributed by atoms with Gasteiger partial charge in [-0.1, -0.05) is 6.07 Å². The van der Waals surface area contributed by atoms with Crippen LogP contribution in [-0.4, -0.2) is 39.2 Å². The molecule has 1 aliphatic heterocycles. The molecular formula is C14H17N3O2S. The van der Waals surface area contributed by atoms with E-state index in [1.165, 1.54) is 25.7 Å². The lowest BCUT2D eigenvalue weighted by molar-refractivity contribution is 0.0592. The maximum Gasteiger partial charge on any atom is 0.355 e. The van der Waals surface area contributed by atoms with Crippen LogP contribution in [0, 0.1) is 5.92 Å². The third-order valence-electron chi connectivity index (χ3n) is 3.62. The van der Waals surface area contributed by atoms with E-state index in [4.69, 9.17) is 4.74 Å². The van der Waals surface area contributed by atoms with E-state index in [0.717, 1.165) is 18.0 Å². The molecule has 0 spiro atoms. The van der Waals surface area contributed by atoms with Gasteiger partial charge in [0.1, 0.15) is 11.5 Å². The fourth-order valence-electron chi connectivity index (χ4n) is 2.62. The van der Waals surface area contributed by atoms with Crippen LogP contribution in [0.3, 0.4) is 0 Å². The van der Waals surface area contributed by atoms with Gasteiger partial charge in [-0.15, -0.1) is 10.2 Å². The Morgan fingerprint density at radius 3 is 3.15 bits per heavy atom. The van der Waals surface area contributed by atoms with Gasteiger partial charge in [-0.25, -0.2) is 4.79 Å². The number of ether oxygens (including phenoxy) is 1. The highest BCUT2D eigenvalue weighted by molar-refractivity contribution is 7.99. The highest BCUT2D eigenvalue weighted by atomic mass is 32.2. The van der Waals surface area contributed by atoms with Gasteiger partial charge < -0.3 is 4.74 Å². The van der Waals surface area contributed by atoms with Gasteiger partial charge in [-0.2, -0.15) is 11.8 Å². The zero-order valence-electron chi connectivity index (χ0n) is 11.4. The molecule has 3 heterocycles. The van der Waals surface area contributed by atoms with Crippen LogP contribution >= 0.6 is 11.8 Å². The molecule has 0 radical (unpaired) electrons. The average Bonchev–Trinajstić information content (AvgIpc) is 2.91. The Morgan fingerprint density at radius 1 is 1.50 bits per heavy atom. The molecule has 0 saturated carbocycles. The smallest absolute Gasteiger partial charge is 0.355 e. The second-order valence-electron chi connectivity index (χ2n) is 5.00. The topological polar surface area (TPSA) is 56.5 Å². The molecule has 0 aliphatic carbocycles. The van der Waals surface area contributed by atoms with Crippen LogP contribution in [0.5, 0.6) is 0 Å². The molecule has 2 aromatic rings. The Balaban J connectivity index is 1.96. The molecule has 2 aromatic heterocycles. The van der Waals surface area contributed by atoms with Crippen molar-refractivity contribution < 1.29 is 9.53 Å². The summed E-state index contributed by atoms with van der Waals surface area (Å²) < 4.78 is 6.66. The van der Waals surface area contributed by atoms with Crippen molar-refractivity contribution in [2.24, 2.45) is 5.92 Å². The third kappa shape index (κ3) is 2.52. The number of methoxy groups -OCH3 is 1. The van der Waals surface area contributed by atoms with Crippen molar-refractivity contribution in [2.75, 3.05) is 18.6 Å². The number of hydrogen-bond donors (Lipinski definition) is 0. The highest BCUT2D eigenvalue weighted by Gasteiger charge is 2.20. The number of esters is 1. The van der Waals surface area contributed by atoms with Gasteiger partial charge in [0.15, 0.2) is 5.65 Å². The molecule has 0 aromatic carbocycles. The molecule has 1 saturated heterocycles. The zero-order chi connectivity index (χ0) is 13.9. The Labute approximate surface area is 121 Å². The molecule has 1 aliphatic rings. The summed E-state index contributed by atoms with van der Waals surface area (Å²) in [4.78, 5) is 11.9. The fourth-order valence-corrected chi connectivity index (χ4v) is 3.78. The number of fused-ring (bicyclic) bond motifs is 1. The van der Waals surface area contributed by atoms with Gasteiger partial charge in [0.2, 0.25) is 0 Å². The summed E-state index contributed by atoms with van der Waals surface area (Å²) >= 11 is 2.00. The standard InChI is InChI=1S/C14H17N3O2S/c1-19-14(18)11-5-2-6-12-15-16-13(17(11)12)8-10-4-3-7-20-9-10/h2,5-6,10H,3-4,7-9H2,1H3. The fraction of sp³-hybridized carbons (Fsp3) is 0.500. The predicted molar refractivity (Wildman–Crippen MR) is 78.1 cm³/mol. The molecule has 1 fully saturated rings. The summed E-state index contributed by atoms with van der Waals surface area (Å²) in [7, 11) is 1.39. The highest BCUT2D eigenvalue weighted by Crippen LogP contribution is 2.25. The van der Waals surface area contributed by atoms with E-state index in [2.05, 4.69) is 10.2 Å². The normalized spacial score (nSPS) is 19.1. The molecule has 0 N–H and O–H groups in total. The van der Waals surface area contributed by atoms with E-state index in [1.807, 2.05) is 22.2 Å². The van der Waals surface area contributed by atoms with Gasteiger partial charge in [0.05, 0.1) is 7.11 Å². The molecule has 6 heteroatoms. The summed E-state index contributed by atoms with van der Waals surface area (Å²) in [5, 5.41) is 8.42. The van der Waals surface area contributed by atoms with E-state index < -0.39 is 0 Å². The summed E-state index contributed by atoms with van der Waals surface area (Å²) in [5.74, 6) is 3.54. The van der Waals surface area contributed by atoms with Crippen molar-refractivity contribution >= 4 is 23.4 Å². The van der Waals surface area contributed by atoms with E-state index >= 15 is 0 Å². The zero-order valence-corrected chi connectivity index (χ0v) is 12.2. The summed E-state index contributed by atoms with van der Waals surface area (Å²) in [6.45, 7) is 0. The minimum Gasteiger partial charge on any atom is -0.464 e. The summed E-state index contributed by atoms with van der Waals surface area (Å²) in [5.41, 5.74) is 1.19. The van der Waals surface area contributed by atoms with Crippen molar-refractivity contribution in [3.63, 3.8) is 0 Å². The van der Waals surface area contributed by atoms with E-state index in [1.54, 1.807) is 12.1 Å². The van der Waals surface area contributed by atoms with Crippen LogP contribution in [-0.2, 0) is 11.2 Å². The van der Waals surface area contributed by atoms with Crippen LogP contribution in [0.2, 0.25) is 0 Å².